The number of para-hydroxylation sites is 4. The molecule has 4 aromatic rings. The third-order valence-corrected chi connectivity index (χ3v) is 6.54. The largest absolute Gasteiger partial charge is 0.496 e. The zero-order valence-electron chi connectivity index (χ0n) is 22.8. The summed E-state index contributed by atoms with van der Waals surface area (Å²) in [4.78, 5) is 0. The molecular formula is C34H30O6. The Kier molecular flexibility index (Phi) is 8.67. The molecule has 0 saturated heterocycles. The topological polar surface area (TPSA) is 77.4 Å². The minimum absolute atomic E-state index is 0.418. The molecule has 0 unspecified atom stereocenters. The number of benzene rings is 4. The van der Waals surface area contributed by atoms with Crippen LogP contribution < -0.4 is 18.9 Å². The first-order valence-corrected chi connectivity index (χ1v) is 12.5. The minimum Gasteiger partial charge on any atom is -0.496 e. The molecule has 40 heavy (non-hydrogen) atoms. The van der Waals surface area contributed by atoms with E-state index in [4.69, 9.17) is 18.9 Å². The Balaban J connectivity index is 1.93. The third-order valence-electron chi connectivity index (χ3n) is 6.54. The Labute approximate surface area is 234 Å². The molecule has 0 atom stereocenters. The van der Waals surface area contributed by atoms with Crippen molar-refractivity contribution < 1.29 is 29.2 Å². The van der Waals surface area contributed by atoms with Crippen molar-refractivity contribution in [1.29, 1.82) is 0 Å². The molecule has 0 aromatic heterocycles. The molecule has 0 aliphatic rings. The van der Waals surface area contributed by atoms with Crippen LogP contribution in [0.4, 0.5) is 0 Å². The predicted octanol–water partition coefficient (Wildman–Crippen LogP) is 4.90. The summed E-state index contributed by atoms with van der Waals surface area (Å²) in [6.45, 7) is 0. The lowest BCUT2D eigenvalue weighted by atomic mass is 9.85. The number of hydrogen-bond donors (Lipinski definition) is 2. The van der Waals surface area contributed by atoms with Gasteiger partial charge in [-0.3, -0.25) is 0 Å². The van der Waals surface area contributed by atoms with Gasteiger partial charge in [0.25, 0.3) is 0 Å². The lowest BCUT2D eigenvalue weighted by Gasteiger charge is -2.27. The van der Waals surface area contributed by atoms with E-state index in [1.54, 1.807) is 97.1 Å². The maximum Gasteiger partial charge on any atom is 0.185 e. The monoisotopic (exact) mass is 534 g/mol. The van der Waals surface area contributed by atoms with Gasteiger partial charge in [0.2, 0.25) is 0 Å². The molecule has 0 saturated carbocycles. The van der Waals surface area contributed by atoms with Crippen LogP contribution >= 0.6 is 0 Å². The van der Waals surface area contributed by atoms with Crippen LogP contribution in [-0.4, -0.2) is 38.7 Å². The van der Waals surface area contributed by atoms with Gasteiger partial charge in [-0.05, 0) is 47.9 Å². The fourth-order valence-corrected chi connectivity index (χ4v) is 4.58. The van der Waals surface area contributed by atoms with E-state index in [-0.39, 0.29) is 0 Å². The van der Waals surface area contributed by atoms with E-state index in [1.165, 1.54) is 28.4 Å². The van der Waals surface area contributed by atoms with Crippen molar-refractivity contribution in [3.63, 3.8) is 0 Å². The highest BCUT2D eigenvalue weighted by Crippen LogP contribution is 2.41. The van der Waals surface area contributed by atoms with Gasteiger partial charge in [-0.15, -0.1) is 0 Å². The number of rotatable bonds is 8. The summed E-state index contributed by atoms with van der Waals surface area (Å²) >= 11 is 0. The zero-order chi connectivity index (χ0) is 28.6. The van der Waals surface area contributed by atoms with Gasteiger partial charge in [-0.1, -0.05) is 72.8 Å². The molecule has 0 heterocycles. The average molecular weight is 535 g/mol. The van der Waals surface area contributed by atoms with E-state index in [9.17, 15) is 10.2 Å². The van der Waals surface area contributed by atoms with Crippen molar-refractivity contribution in [1.82, 2.24) is 0 Å². The molecule has 202 valence electrons. The normalized spacial score (nSPS) is 10.8. The molecular weight excluding hydrogens is 504 g/mol. The van der Waals surface area contributed by atoms with Crippen LogP contribution in [0.3, 0.4) is 0 Å². The van der Waals surface area contributed by atoms with Crippen LogP contribution in [0.5, 0.6) is 23.0 Å². The van der Waals surface area contributed by atoms with Gasteiger partial charge in [0.05, 0.1) is 28.4 Å². The first-order chi connectivity index (χ1) is 19.4. The van der Waals surface area contributed by atoms with Crippen LogP contribution in [0.25, 0.3) is 0 Å². The second kappa shape index (κ2) is 12.3. The summed E-state index contributed by atoms with van der Waals surface area (Å²) in [5.41, 5.74) is -2.02. The van der Waals surface area contributed by atoms with Gasteiger partial charge in [0.15, 0.2) is 11.2 Å². The van der Waals surface area contributed by atoms with Crippen molar-refractivity contribution in [3.8, 4) is 46.7 Å². The van der Waals surface area contributed by atoms with Crippen molar-refractivity contribution in [2.45, 2.75) is 11.2 Å². The van der Waals surface area contributed by atoms with Gasteiger partial charge >= 0.3 is 0 Å². The van der Waals surface area contributed by atoms with Crippen LogP contribution in [-0.2, 0) is 11.2 Å². The molecule has 0 spiro atoms. The molecule has 0 radical (unpaired) electrons. The number of hydrogen-bond acceptors (Lipinski definition) is 6. The Morgan fingerprint density at radius 2 is 0.650 bits per heavy atom. The summed E-state index contributed by atoms with van der Waals surface area (Å²) < 4.78 is 22.2. The maximum atomic E-state index is 12.1. The smallest absolute Gasteiger partial charge is 0.185 e. The summed E-state index contributed by atoms with van der Waals surface area (Å²) in [7, 11) is 6.09. The SMILES string of the molecule is COc1ccccc1C(O)(C#CC#CC(O)(c1ccccc1OC)c1ccccc1OC)c1ccccc1OC. The lowest BCUT2D eigenvalue weighted by molar-refractivity contribution is 0.136. The molecule has 0 aliphatic heterocycles. The number of methoxy groups -OCH3 is 4. The van der Waals surface area contributed by atoms with Crippen LogP contribution in [0.15, 0.2) is 97.1 Å². The van der Waals surface area contributed by atoms with Gasteiger partial charge in [0, 0.05) is 22.3 Å². The van der Waals surface area contributed by atoms with Gasteiger partial charge < -0.3 is 29.2 Å². The fourth-order valence-electron chi connectivity index (χ4n) is 4.58. The highest BCUT2D eigenvalue weighted by Gasteiger charge is 2.37. The van der Waals surface area contributed by atoms with Crippen LogP contribution in [0.1, 0.15) is 22.3 Å². The maximum absolute atomic E-state index is 12.1. The predicted molar refractivity (Wildman–Crippen MR) is 154 cm³/mol. The Morgan fingerprint density at radius 3 is 0.875 bits per heavy atom. The molecule has 0 amide bonds. The highest BCUT2D eigenvalue weighted by atomic mass is 16.5. The van der Waals surface area contributed by atoms with Crippen molar-refractivity contribution in [2.24, 2.45) is 0 Å². The molecule has 0 fully saturated rings. The zero-order valence-corrected chi connectivity index (χ0v) is 22.8. The summed E-state index contributed by atoms with van der Waals surface area (Å²) in [6, 6.07) is 28.2. The second-order valence-corrected chi connectivity index (χ2v) is 8.72. The van der Waals surface area contributed by atoms with E-state index < -0.39 is 11.2 Å². The lowest BCUT2D eigenvalue weighted by Crippen LogP contribution is -2.27. The molecule has 0 aliphatic carbocycles. The fraction of sp³-hybridized carbons (Fsp3) is 0.176. The molecule has 6 nitrogen and oxygen atoms in total. The first kappa shape index (κ1) is 28.1. The van der Waals surface area contributed by atoms with Crippen LogP contribution in [0, 0.1) is 23.7 Å². The van der Waals surface area contributed by atoms with E-state index >= 15 is 0 Å². The van der Waals surface area contributed by atoms with E-state index in [0.29, 0.717) is 45.3 Å². The molecule has 4 rings (SSSR count). The van der Waals surface area contributed by atoms with Crippen molar-refractivity contribution in [2.75, 3.05) is 28.4 Å². The van der Waals surface area contributed by atoms with Gasteiger partial charge in [-0.25, -0.2) is 0 Å². The van der Waals surface area contributed by atoms with E-state index in [2.05, 4.69) is 23.7 Å². The summed E-state index contributed by atoms with van der Waals surface area (Å²) in [5, 5.41) is 24.2. The van der Waals surface area contributed by atoms with Crippen molar-refractivity contribution >= 4 is 0 Å². The Bertz CT molecular complexity index is 1390. The molecule has 2 N–H and O–H groups in total. The Hall–Kier alpha value is -4.88. The second-order valence-electron chi connectivity index (χ2n) is 8.72. The minimum atomic E-state index is -1.85. The first-order valence-electron chi connectivity index (χ1n) is 12.5. The van der Waals surface area contributed by atoms with Crippen LogP contribution in [0.2, 0.25) is 0 Å². The molecule has 4 aromatic carbocycles. The van der Waals surface area contributed by atoms with Gasteiger partial charge in [0.1, 0.15) is 23.0 Å². The summed E-state index contributed by atoms with van der Waals surface area (Å²) in [6.07, 6.45) is 0. The Morgan fingerprint density at radius 1 is 0.425 bits per heavy atom. The summed E-state index contributed by atoms with van der Waals surface area (Å²) in [5.74, 6) is 13.2. The highest BCUT2D eigenvalue weighted by molar-refractivity contribution is 5.58. The number of ether oxygens (including phenoxy) is 4. The van der Waals surface area contributed by atoms with E-state index in [0.717, 1.165) is 0 Å². The standard InChI is InChI=1S/C34H30O6/c1-37-29-19-9-5-15-25(29)33(35,26-16-6-10-20-30(26)38-2)23-13-14-24-34(36,27-17-7-11-21-31(27)39-3)28-18-8-12-22-32(28)40-4/h5-12,15-22,35-36H,1-4H3. The quantitative estimate of drug-likeness (QED) is 0.313. The molecule has 6 heteroatoms. The van der Waals surface area contributed by atoms with E-state index in [1.807, 2.05) is 0 Å². The van der Waals surface area contributed by atoms with Gasteiger partial charge in [-0.2, -0.15) is 0 Å². The third kappa shape index (κ3) is 5.32. The number of aliphatic hydroxyl groups is 2. The van der Waals surface area contributed by atoms with Crippen molar-refractivity contribution in [3.05, 3.63) is 119 Å². The molecule has 0 bridgehead atoms. The average Bonchev–Trinajstić information content (AvgIpc) is 3.02.